The Bertz CT molecular complexity index is 4160. The van der Waals surface area contributed by atoms with Gasteiger partial charge in [0.05, 0.1) is 11.0 Å². The minimum absolute atomic E-state index is 1.16. The number of aromatic nitrogens is 1. The average molecular weight is 854 g/mol. The van der Waals surface area contributed by atoms with Gasteiger partial charge in [-0.15, -0.1) is 11.3 Å². The van der Waals surface area contributed by atoms with Crippen molar-refractivity contribution in [1.82, 2.24) is 4.57 Å². The van der Waals surface area contributed by atoms with E-state index in [2.05, 4.69) is 241 Å². The van der Waals surface area contributed by atoms with Crippen LogP contribution in [0.25, 0.3) is 135 Å². The molecule has 2 aromatic heterocycles. The fraction of sp³-hybridized carbons (Fsp3) is 0. The van der Waals surface area contributed by atoms with Crippen LogP contribution in [0, 0.1) is 0 Å². The van der Waals surface area contributed by atoms with Crippen molar-refractivity contribution in [2.24, 2.45) is 0 Å². The van der Waals surface area contributed by atoms with Crippen molar-refractivity contribution in [3.05, 3.63) is 237 Å². The van der Waals surface area contributed by atoms with Crippen LogP contribution in [-0.4, -0.2) is 4.57 Å². The van der Waals surface area contributed by atoms with Crippen LogP contribution in [0.4, 0.5) is 0 Å². The monoisotopic (exact) mass is 853 g/mol. The fourth-order valence-corrected chi connectivity index (χ4v) is 12.6. The molecule has 0 saturated carbocycles. The number of para-hydroxylation sites is 3. The first kappa shape index (κ1) is 37.1. The topological polar surface area (TPSA) is 4.93 Å². The number of benzene rings is 12. The van der Waals surface area contributed by atoms with E-state index in [1.165, 1.54) is 130 Å². The molecule has 0 aliphatic carbocycles. The van der Waals surface area contributed by atoms with Crippen LogP contribution in [-0.2, 0) is 0 Å². The van der Waals surface area contributed by atoms with Crippen LogP contribution in [0.15, 0.2) is 237 Å². The van der Waals surface area contributed by atoms with Gasteiger partial charge in [0, 0.05) is 42.2 Å². The molecule has 0 N–H and O–H groups in total. The Hall–Kier alpha value is -8.30. The van der Waals surface area contributed by atoms with E-state index in [1.54, 1.807) is 0 Å². The molecule has 0 unspecified atom stereocenters. The van der Waals surface area contributed by atoms with Crippen molar-refractivity contribution in [2.75, 3.05) is 0 Å². The zero-order valence-corrected chi connectivity index (χ0v) is 36.7. The van der Waals surface area contributed by atoms with Crippen LogP contribution >= 0.6 is 11.3 Å². The molecule has 1 nitrogen and oxygen atoms in total. The summed E-state index contributed by atoms with van der Waals surface area (Å²) in [4.78, 5) is 0. The van der Waals surface area contributed by atoms with Gasteiger partial charge in [0.1, 0.15) is 0 Å². The van der Waals surface area contributed by atoms with E-state index in [0.717, 1.165) is 5.69 Å². The van der Waals surface area contributed by atoms with E-state index in [0.29, 0.717) is 0 Å². The lowest BCUT2D eigenvalue weighted by atomic mass is 9.83. The Morgan fingerprint density at radius 3 is 1.12 bits per heavy atom. The van der Waals surface area contributed by atoms with E-state index < -0.39 is 0 Å². The molecule has 0 radical (unpaired) electrons. The van der Waals surface area contributed by atoms with Crippen LogP contribution in [0.2, 0.25) is 0 Å². The third-order valence-electron chi connectivity index (χ3n) is 14.0. The van der Waals surface area contributed by atoms with Gasteiger partial charge in [-0.2, -0.15) is 0 Å². The third-order valence-corrected chi connectivity index (χ3v) is 15.1. The molecule has 12 aromatic carbocycles. The molecule has 0 aliphatic rings. The van der Waals surface area contributed by atoms with Crippen molar-refractivity contribution >= 4 is 96.4 Å². The molecule has 2 heteroatoms. The van der Waals surface area contributed by atoms with Crippen molar-refractivity contribution in [2.45, 2.75) is 0 Å². The minimum Gasteiger partial charge on any atom is -0.309 e. The summed E-state index contributed by atoms with van der Waals surface area (Å²) in [6.07, 6.45) is 0. The van der Waals surface area contributed by atoms with Crippen LogP contribution in [0.3, 0.4) is 0 Å². The van der Waals surface area contributed by atoms with Gasteiger partial charge in [0.15, 0.2) is 0 Å². The molecule has 306 valence electrons. The molecule has 66 heavy (non-hydrogen) atoms. The standard InChI is InChI=1S/C64H39NS/c1-3-20-40(21-4-1)58-43-25-7-9-27-45(43)59(46-28-10-8-26-44(46)58)52-34-18-38-56-62(52)63-53(35-19-39-57(63)66-56)60-47-29-11-13-31-49(47)61(50-32-14-12-30-48(50)60)54-36-17-33-51-42-24-15-16-37-55(42)65(64(51)54)41-22-5-2-6-23-41/h1-39H. The molecule has 0 amide bonds. The van der Waals surface area contributed by atoms with E-state index in [9.17, 15) is 0 Å². The molecule has 0 spiro atoms. The van der Waals surface area contributed by atoms with Gasteiger partial charge >= 0.3 is 0 Å². The highest BCUT2D eigenvalue weighted by Gasteiger charge is 2.25. The molecule has 0 bridgehead atoms. The number of hydrogen-bond donors (Lipinski definition) is 0. The highest BCUT2D eigenvalue weighted by Crippen LogP contribution is 2.53. The normalized spacial score (nSPS) is 11.9. The van der Waals surface area contributed by atoms with Gasteiger partial charge in [0.2, 0.25) is 0 Å². The number of nitrogens with zero attached hydrogens (tertiary/aromatic N) is 1. The summed E-state index contributed by atoms with van der Waals surface area (Å²) in [7, 11) is 0. The Labute approximate surface area is 385 Å². The Balaban J connectivity index is 1.10. The Morgan fingerprint density at radius 1 is 0.258 bits per heavy atom. The lowest BCUT2D eigenvalue weighted by Gasteiger charge is -2.20. The maximum Gasteiger partial charge on any atom is 0.0619 e. The molecular formula is C64H39NS. The summed E-state index contributed by atoms with van der Waals surface area (Å²) in [5.41, 5.74) is 13.7. The smallest absolute Gasteiger partial charge is 0.0619 e. The highest BCUT2D eigenvalue weighted by atomic mass is 32.1. The molecule has 0 aliphatic heterocycles. The first-order valence-corrected chi connectivity index (χ1v) is 23.6. The Morgan fingerprint density at radius 2 is 0.621 bits per heavy atom. The van der Waals surface area contributed by atoms with Gasteiger partial charge in [0.25, 0.3) is 0 Å². The van der Waals surface area contributed by atoms with Crippen LogP contribution in [0.1, 0.15) is 0 Å². The summed E-state index contributed by atoms with van der Waals surface area (Å²) >= 11 is 1.90. The van der Waals surface area contributed by atoms with Crippen molar-refractivity contribution < 1.29 is 0 Å². The van der Waals surface area contributed by atoms with Gasteiger partial charge in [-0.05, 0) is 112 Å². The van der Waals surface area contributed by atoms with Gasteiger partial charge in [-0.1, -0.05) is 206 Å². The van der Waals surface area contributed by atoms with Gasteiger partial charge in [-0.3, -0.25) is 0 Å². The molecule has 14 rings (SSSR count). The SMILES string of the molecule is c1ccc(-c2c3ccccc3c(-c3cccc4sc5cccc(-c6c7ccccc7c(-c7cccc8c9ccccc9n(-c9ccccc9)c78)c7ccccc67)c5c34)c3ccccc23)cc1. The van der Waals surface area contributed by atoms with Crippen molar-refractivity contribution in [3.8, 4) is 50.2 Å². The molecule has 14 aromatic rings. The van der Waals surface area contributed by atoms with Gasteiger partial charge < -0.3 is 4.57 Å². The fourth-order valence-electron chi connectivity index (χ4n) is 11.4. The first-order chi connectivity index (χ1) is 32.8. The largest absolute Gasteiger partial charge is 0.309 e. The second kappa shape index (κ2) is 14.6. The van der Waals surface area contributed by atoms with E-state index in [-0.39, 0.29) is 0 Å². The van der Waals surface area contributed by atoms with Gasteiger partial charge in [-0.25, -0.2) is 0 Å². The first-order valence-electron chi connectivity index (χ1n) is 22.8. The van der Waals surface area contributed by atoms with Crippen molar-refractivity contribution in [1.29, 1.82) is 0 Å². The summed E-state index contributed by atoms with van der Waals surface area (Å²) < 4.78 is 5.05. The zero-order valence-electron chi connectivity index (χ0n) is 35.9. The molecule has 2 heterocycles. The van der Waals surface area contributed by atoms with E-state index >= 15 is 0 Å². The number of rotatable bonds is 5. The van der Waals surface area contributed by atoms with E-state index in [4.69, 9.17) is 0 Å². The number of fused-ring (bicyclic) bond motifs is 10. The quantitative estimate of drug-likeness (QED) is 0.152. The predicted octanol–water partition coefficient (Wildman–Crippen LogP) is 18.4. The maximum atomic E-state index is 2.47. The van der Waals surface area contributed by atoms with Crippen molar-refractivity contribution in [3.63, 3.8) is 0 Å². The lowest BCUT2D eigenvalue weighted by Crippen LogP contribution is -1.97. The average Bonchev–Trinajstić information content (AvgIpc) is 3.94. The second-order valence-electron chi connectivity index (χ2n) is 17.4. The summed E-state index contributed by atoms with van der Waals surface area (Å²) in [6, 6.07) is 87.7. The molecular weight excluding hydrogens is 815 g/mol. The molecule has 0 fully saturated rings. The second-order valence-corrected chi connectivity index (χ2v) is 18.5. The number of thiophene rings is 1. The van der Waals surface area contributed by atoms with E-state index in [1.807, 2.05) is 11.3 Å². The summed E-state index contributed by atoms with van der Waals surface area (Å²) in [5, 5.41) is 15.2. The zero-order chi connectivity index (χ0) is 43.3. The number of hydrogen-bond acceptors (Lipinski definition) is 1. The molecule has 0 atom stereocenters. The summed E-state index contributed by atoms with van der Waals surface area (Å²) in [6.45, 7) is 0. The molecule has 0 saturated heterocycles. The predicted molar refractivity (Wildman–Crippen MR) is 285 cm³/mol. The maximum absolute atomic E-state index is 2.47. The minimum atomic E-state index is 1.16. The Kier molecular flexibility index (Phi) is 8.22. The van der Waals surface area contributed by atoms with Crippen LogP contribution < -0.4 is 0 Å². The lowest BCUT2D eigenvalue weighted by molar-refractivity contribution is 1.18. The highest BCUT2D eigenvalue weighted by molar-refractivity contribution is 7.26. The third kappa shape index (κ3) is 5.34. The summed E-state index contributed by atoms with van der Waals surface area (Å²) in [5.74, 6) is 0. The van der Waals surface area contributed by atoms with Crippen LogP contribution in [0.5, 0.6) is 0 Å².